The Morgan fingerprint density at radius 3 is 2.17 bits per heavy atom. The van der Waals surface area contributed by atoms with Crippen molar-refractivity contribution in [3.05, 3.63) is 29.8 Å². The van der Waals surface area contributed by atoms with Crippen molar-refractivity contribution in [2.75, 3.05) is 12.8 Å². The Bertz CT molecular complexity index is 780. The quantitative estimate of drug-likeness (QED) is 0.475. The molecule has 0 aromatic heterocycles. The van der Waals surface area contributed by atoms with Crippen molar-refractivity contribution in [2.24, 2.45) is 5.92 Å². The summed E-state index contributed by atoms with van der Waals surface area (Å²) in [6.07, 6.45) is 0.781. The maximum absolute atomic E-state index is 12.1. The zero-order valence-electron chi connectivity index (χ0n) is 17.9. The zero-order valence-corrected chi connectivity index (χ0v) is 18.7. The molecule has 9 heteroatoms. The summed E-state index contributed by atoms with van der Waals surface area (Å²) in [6, 6.07) is 6.52. The fourth-order valence-corrected chi connectivity index (χ4v) is 2.95. The van der Waals surface area contributed by atoms with Gasteiger partial charge in [0.1, 0.15) is 11.4 Å². The summed E-state index contributed by atoms with van der Waals surface area (Å²) in [5.74, 6) is -0.373. The highest BCUT2D eigenvalue weighted by Crippen LogP contribution is 2.18. The predicted octanol–water partition coefficient (Wildman–Crippen LogP) is 3.05. The summed E-state index contributed by atoms with van der Waals surface area (Å²) in [5, 5.41) is 2.69. The minimum absolute atomic E-state index is 0.121. The number of carbonyl (C=O) groups excluding carboxylic acids is 2. The first-order valence-corrected chi connectivity index (χ1v) is 11.2. The van der Waals surface area contributed by atoms with Crippen LogP contribution in [0.25, 0.3) is 0 Å². The van der Waals surface area contributed by atoms with Crippen LogP contribution in [-0.2, 0) is 30.8 Å². The summed E-state index contributed by atoms with van der Waals surface area (Å²) in [5.41, 5.74) is 0.241. The SMILES string of the molecule is CC(C)OC(=O)CC(CNC(=O)OC(C)(C)C)Cc1ccc(OS(C)(=O)=O)cc1. The molecule has 1 aromatic carbocycles. The maximum atomic E-state index is 12.1. The lowest BCUT2D eigenvalue weighted by Crippen LogP contribution is -2.36. The van der Waals surface area contributed by atoms with Gasteiger partial charge in [-0.15, -0.1) is 0 Å². The lowest BCUT2D eigenvalue weighted by Gasteiger charge is -2.22. The molecule has 0 aliphatic heterocycles. The van der Waals surface area contributed by atoms with Gasteiger partial charge in [-0.3, -0.25) is 4.79 Å². The first-order valence-electron chi connectivity index (χ1n) is 9.38. The third kappa shape index (κ3) is 12.0. The van der Waals surface area contributed by atoms with E-state index in [2.05, 4.69) is 5.32 Å². The van der Waals surface area contributed by atoms with E-state index in [1.165, 1.54) is 0 Å². The number of nitrogens with one attached hydrogen (secondary N) is 1. The zero-order chi connectivity index (χ0) is 22.2. The number of carbonyl (C=O) groups is 2. The van der Waals surface area contributed by atoms with Crippen LogP contribution in [0.1, 0.15) is 46.6 Å². The van der Waals surface area contributed by atoms with E-state index < -0.39 is 21.8 Å². The standard InChI is InChI=1S/C20H31NO7S/c1-14(2)26-18(22)12-16(13-21-19(23)27-20(3,4)5)11-15-7-9-17(10-8-15)28-29(6,24)25/h7-10,14,16H,11-13H2,1-6H3,(H,21,23). The number of alkyl carbamates (subject to hydrolysis) is 1. The molecule has 1 N–H and O–H groups in total. The van der Waals surface area contributed by atoms with Crippen LogP contribution in [0.4, 0.5) is 4.79 Å². The molecule has 0 aliphatic carbocycles. The van der Waals surface area contributed by atoms with Gasteiger partial charge in [-0.05, 0) is 64.7 Å². The number of hydrogen-bond donors (Lipinski definition) is 1. The highest BCUT2D eigenvalue weighted by Gasteiger charge is 2.20. The van der Waals surface area contributed by atoms with Crippen molar-refractivity contribution in [2.45, 2.75) is 59.2 Å². The maximum Gasteiger partial charge on any atom is 0.407 e. The largest absolute Gasteiger partial charge is 0.463 e. The molecule has 0 saturated heterocycles. The van der Waals surface area contributed by atoms with Gasteiger partial charge in [0, 0.05) is 6.54 Å². The van der Waals surface area contributed by atoms with E-state index in [1.54, 1.807) is 58.9 Å². The van der Waals surface area contributed by atoms with Crippen LogP contribution in [0.5, 0.6) is 5.75 Å². The average Bonchev–Trinajstić information content (AvgIpc) is 2.50. The van der Waals surface area contributed by atoms with Crippen LogP contribution in [-0.4, -0.2) is 45.0 Å². The van der Waals surface area contributed by atoms with Crippen molar-refractivity contribution in [3.63, 3.8) is 0 Å². The van der Waals surface area contributed by atoms with Crippen LogP contribution in [0.3, 0.4) is 0 Å². The Labute approximate surface area is 173 Å². The molecule has 0 aliphatic rings. The minimum Gasteiger partial charge on any atom is -0.463 e. The van der Waals surface area contributed by atoms with Crippen LogP contribution >= 0.6 is 0 Å². The molecule has 1 amide bonds. The molecule has 29 heavy (non-hydrogen) atoms. The van der Waals surface area contributed by atoms with Crippen LogP contribution < -0.4 is 9.50 Å². The van der Waals surface area contributed by atoms with Gasteiger partial charge < -0.3 is 19.0 Å². The van der Waals surface area contributed by atoms with E-state index in [-0.39, 0.29) is 36.7 Å². The van der Waals surface area contributed by atoms with Crippen molar-refractivity contribution < 1.29 is 31.7 Å². The Balaban J connectivity index is 2.79. The first-order chi connectivity index (χ1) is 13.2. The molecule has 164 valence electrons. The smallest absolute Gasteiger partial charge is 0.407 e. The van der Waals surface area contributed by atoms with Gasteiger partial charge >= 0.3 is 22.2 Å². The highest BCUT2D eigenvalue weighted by molar-refractivity contribution is 7.86. The number of esters is 1. The molecule has 1 atom stereocenters. The second-order valence-corrected chi connectivity index (χ2v) is 9.70. The van der Waals surface area contributed by atoms with Crippen LogP contribution in [0, 0.1) is 5.92 Å². The topological polar surface area (TPSA) is 108 Å². The average molecular weight is 430 g/mol. The van der Waals surface area contributed by atoms with Gasteiger partial charge in [-0.25, -0.2) is 4.79 Å². The van der Waals surface area contributed by atoms with Crippen molar-refractivity contribution in [1.82, 2.24) is 5.32 Å². The van der Waals surface area contributed by atoms with Gasteiger partial charge in [0.15, 0.2) is 0 Å². The summed E-state index contributed by atoms with van der Waals surface area (Å²) < 4.78 is 37.7. The number of amides is 1. The van der Waals surface area contributed by atoms with E-state index >= 15 is 0 Å². The molecule has 0 saturated carbocycles. The van der Waals surface area contributed by atoms with E-state index in [1.807, 2.05) is 0 Å². The second-order valence-electron chi connectivity index (χ2n) is 8.13. The Kier molecular flexibility index (Phi) is 8.94. The third-order valence-corrected chi connectivity index (χ3v) is 3.95. The Morgan fingerprint density at radius 2 is 1.69 bits per heavy atom. The lowest BCUT2D eigenvalue weighted by molar-refractivity contribution is -0.148. The molecular formula is C20H31NO7S. The van der Waals surface area contributed by atoms with Gasteiger partial charge in [-0.1, -0.05) is 12.1 Å². The Hall–Kier alpha value is -2.29. The molecule has 0 radical (unpaired) electrons. The molecule has 0 bridgehead atoms. The lowest BCUT2D eigenvalue weighted by atomic mass is 9.96. The van der Waals surface area contributed by atoms with E-state index in [0.717, 1.165) is 11.8 Å². The molecular weight excluding hydrogens is 398 g/mol. The monoisotopic (exact) mass is 429 g/mol. The number of hydrogen-bond acceptors (Lipinski definition) is 7. The molecule has 0 spiro atoms. The van der Waals surface area contributed by atoms with Gasteiger partial charge in [0.2, 0.25) is 0 Å². The first kappa shape index (κ1) is 24.7. The Morgan fingerprint density at radius 1 is 1.10 bits per heavy atom. The normalized spacial score (nSPS) is 12.9. The number of rotatable bonds is 9. The van der Waals surface area contributed by atoms with Gasteiger partial charge in [-0.2, -0.15) is 8.42 Å². The molecule has 8 nitrogen and oxygen atoms in total. The summed E-state index contributed by atoms with van der Waals surface area (Å²) in [6.45, 7) is 9.07. The molecule has 1 aromatic rings. The molecule has 0 fully saturated rings. The van der Waals surface area contributed by atoms with Gasteiger partial charge in [0.25, 0.3) is 0 Å². The van der Waals surface area contributed by atoms with Crippen molar-refractivity contribution in [3.8, 4) is 5.75 Å². The van der Waals surface area contributed by atoms with Crippen molar-refractivity contribution in [1.29, 1.82) is 0 Å². The van der Waals surface area contributed by atoms with E-state index in [4.69, 9.17) is 13.7 Å². The van der Waals surface area contributed by atoms with Crippen molar-refractivity contribution >= 4 is 22.2 Å². The fraction of sp³-hybridized carbons (Fsp3) is 0.600. The number of benzene rings is 1. The van der Waals surface area contributed by atoms with Crippen LogP contribution in [0.2, 0.25) is 0 Å². The highest BCUT2D eigenvalue weighted by atomic mass is 32.2. The fourth-order valence-electron chi connectivity index (χ4n) is 2.49. The van der Waals surface area contributed by atoms with Crippen LogP contribution in [0.15, 0.2) is 24.3 Å². The number of ether oxygens (including phenoxy) is 2. The molecule has 1 rings (SSSR count). The summed E-state index contributed by atoms with van der Waals surface area (Å²) >= 11 is 0. The summed E-state index contributed by atoms with van der Waals surface area (Å²) in [4.78, 5) is 24.0. The second kappa shape index (κ2) is 10.5. The summed E-state index contributed by atoms with van der Waals surface area (Å²) in [7, 11) is -3.60. The third-order valence-electron chi connectivity index (χ3n) is 3.45. The van der Waals surface area contributed by atoms with E-state index in [0.29, 0.717) is 6.42 Å². The van der Waals surface area contributed by atoms with Gasteiger partial charge in [0.05, 0.1) is 18.8 Å². The molecule has 0 heterocycles. The minimum atomic E-state index is -3.60. The van der Waals surface area contributed by atoms with E-state index in [9.17, 15) is 18.0 Å². The molecule has 1 unspecified atom stereocenters. The predicted molar refractivity (Wildman–Crippen MR) is 109 cm³/mol.